The van der Waals surface area contributed by atoms with Crippen molar-refractivity contribution in [1.82, 2.24) is 0 Å². The van der Waals surface area contributed by atoms with Gasteiger partial charge in [0.1, 0.15) is 0 Å². The molecule has 1 rings (SSSR count). The van der Waals surface area contributed by atoms with E-state index in [1.807, 2.05) is 6.92 Å². The molecule has 0 aromatic heterocycles. The van der Waals surface area contributed by atoms with Crippen molar-refractivity contribution < 1.29 is 18.9 Å². The predicted molar refractivity (Wildman–Crippen MR) is 56.4 cm³/mol. The molecule has 0 atom stereocenters. The van der Waals surface area contributed by atoms with Crippen molar-refractivity contribution in [2.75, 3.05) is 27.9 Å². The number of hydrogen-bond donors (Lipinski definition) is 0. The van der Waals surface area contributed by atoms with Gasteiger partial charge in [-0.15, -0.1) is 0 Å². The van der Waals surface area contributed by atoms with E-state index >= 15 is 0 Å². The Morgan fingerprint density at radius 2 is 1.20 bits per heavy atom. The molecule has 1 aliphatic rings. The number of methoxy groups -OCH3 is 3. The zero-order valence-corrected chi connectivity index (χ0v) is 9.65. The lowest BCUT2D eigenvalue weighted by atomic mass is 10.0. The third-order valence-corrected chi connectivity index (χ3v) is 2.42. The molecule has 15 heavy (non-hydrogen) atoms. The Balaban J connectivity index is 2.84. The second-order valence-electron chi connectivity index (χ2n) is 3.15. The molecule has 0 aromatic carbocycles. The highest BCUT2D eigenvalue weighted by Crippen LogP contribution is 2.28. The fraction of sp³-hybridized carbons (Fsp3) is 0.636. The van der Waals surface area contributed by atoms with Gasteiger partial charge in [-0.05, 0) is 31.2 Å². The van der Waals surface area contributed by atoms with Crippen LogP contribution < -0.4 is 0 Å². The van der Waals surface area contributed by atoms with Crippen molar-refractivity contribution in [2.24, 2.45) is 0 Å². The molecule has 0 aromatic rings. The van der Waals surface area contributed by atoms with Crippen LogP contribution in [0.25, 0.3) is 0 Å². The first-order valence-electron chi connectivity index (χ1n) is 4.86. The highest BCUT2D eigenvalue weighted by atomic mass is 16.7. The average molecular weight is 214 g/mol. The number of ether oxygens (including phenoxy) is 4. The zero-order chi connectivity index (χ0) is 11.4. The van der Waals surface area contributed by atoms with E-state index in [2.05, 4.69) is 0 Å². The van der Waals surface area contributed by atoms with Crippen LogP contribution in [-0.4, -0.2) is 39.5 Å². The minimum Gasteiger partial charge on any atom is -0.346 e. The van der Waals surface area contributed by atoms with Gasteiger partial charge >= 0.3 is 0 Å². The summed E-state index contributed by atoms with van der Waals surface area (Å²) >= 11 is 0. The smallest absolute Gasteiger partial charge is 0.208 e. The van der Waals surface area contributed by atoms with Crippen molar-refractivity contribution in [1.29, 1.82) is 0 Å². The first-order valence-corrected chi connectivity index (χ1v) is 4.86. The maximum atomic E-state index is 5.49. The molecule has 4 nitrogen and oxygen atoms in total. The van der Waals surface area contributed by atoms with Gasteiger partial charge in [0, 0.05) is 27.9 Å². The fourth-order valence-corrected chi connectivity index (χ4v) is 1.45. The Hall–Kier alpha value is -0.680. The maximum absolute atomic E-state index is 5.49. The summed E-state index contributed by atoms with van der Waals surface area (Å²) in [5.41, 5.74) is 0. The van der Waals surface area contributed by atoms with Crippen LogP contribution in [0.4, 0.5) is 0 Å². The summed E-state index contributed by atoms with van der Waals surface area (Å²) in [4.78, 5) is 0. The van der Waals surface area contributed by atoms with Crippen LogP contribution in [0, 0.1) is 0 Å². The Kier molecular flexibility index (Phi) is 4.04. The van der Waals surface area contributed by atoms with Crippen LogP contribution in [0.1, 0.15) is 6.92 Å². The lowest BCUT2D eigenvalue weighted by Crippen LogP contribution is -2.39. The van der Waals surface area contributed by atoms with Gasteiger partial charge < -0.3 is 18.9 Å². The number of hydrogen-bond acceptors (Lipinski definition) is 4. The molecule has 0 amide bonds. The van der Waals surface area contributed by atoms with Crippen LogP contribution in [-0.2, 0) is 18.9 Å². The second kappa shape index (κ2) is 4.90. The lowest BCUT2D eigenvalue weighted by Gasteiger charge is -2.33. The summed E-state index contributed by atoms with van der Waals surface area (Å²) in [6, 6.07) is 0. The minimum absolute atomic E-state index is 0.565. The summed E-state index contributed by atoms with van der Waals surface area (Å²) in [5, 5.41) is 0. The van der Waals surface area contributed by atoms with Crippen molar-refractivity contribution in [2.45, 2.75) is 18.5 Å². The third-order valence-electron chi connectivity index (χ3n) is 2.42. The Morgan fingerprint density at radius 3 is 1.53 bits per heavy atom. The average Bonchev–Trinajstić information content (AvgIpc) is 2.31. The molecule has 0 fully saturated rings. The van der Waals surface area contributed by atoms with Crippen LogP contribution in [0.3, 0.4) is 0 Å². The molecule has 1 aliphatic carbocycles. The molecule has 0 unspecified atom stereocenters. The van der Waals surface area contributed by atoms with Gasteiger partial charge in [-0.2, -0.15) is 0 Å². The topological polar surface area (TPSA) is 36.9 Å². The van der Waals surface area contributed by atoms with Gasteiger partial charge in [0.25, 0.3) is 0 Å². The van der Waals surface area contributed by atoms with Gasteiger partial charge in [0.2, 0.25) is 11.6 Å². The van der Waals surface area contributed by atoms with E-state index in [-0.39, 0.29) is 0 Å². The molecule has 4 heteroatoms. The molecule has 86 valence electrons. The molecule has 0 spiro atoms. The molecule has 0 saturated carbocycles. The lowest BCUT2D eigenvalue weighted by molar-refractivity contribution is -0.169. The molecule has 0 aliphatic heterocycles. The van der Waals surface area contributed by atoms with E-state index in [0.29, 0.717) is 6.61 Å². The molecule has 0 radical (unpaired) electrons. The van der Waals surface area contributed by atoms with E-state index in [9.17, 15) is 0 Å². The summed E-state index contributed by atoms with van der Waals surface area (Å²) in [6.07, 6.45) is 7.10. The van der Waals surface area contributed by atoms with Crippen molar-refractivity contribution in [3.8, 4) is 0 Å². The number of rotatable bonds is 5. The van der Waals surface area contributed by atoms with E-state index < -0.39 is 11.6 Å². The predicted octanol–water partition coefficient (Wildman–Crippen LogP) is 1.48. The Bertz CT molecular complexity index is 237. The van der Waals surface area contributed by atoms with Gasteiger partial charge in [-0.1, -0.05) is 0 Å². The van der Waals surface area contributed by atoms with E-state index in [4.69, 9.17) is 18.9 Å². The Morgan fingerprint density at radius 1 is 0.800 bits per heavy atom. The molecule has 0 bridgehead atoms. The van der Waals surface area contributed by atoms with Crippen LogP contribution >= 0.6 is 0 Å². The van der Waals surface area contributed by atoms with Gasteiger partial charge in [-0.3, -0.25) is 0 Å². The fourth-order valence-electron chi connectivity index (χ4n) is 1.45. The molecule has 0 saturated heterocycles. The summed E-state index contributed by atoms with van der Waals surface area (Å²) in [7, 11) is 4.76. The summed E-state index contributed by atoms with van der Waals surface area (Å²) in [5.74, 6) is -1.60. The monoisotopic (exact) mass is 214 g/mol. The highest BCUT2D eigenvalue weighted by Gasteiger charge is 2.34. The van der Waals surface area contributed by atoms with Crippen LogP contribution in [0.15, 0.2) is 24.3 Å². The highest BCUT2D eigenvalue weighted by molar-refractivity contribution is 5.24. The molecular weight excluding hydrogens is 196 g/mol. The quantitative estimate of drug-likeness (QED) is 0.513. The van der Waals surface area contributed by atoms with Crippen molar-refractivity contribution in [3.05, 3.63) is 24.3 Å². The van der Waals surface area contributed by atoms with E-state index in [0.717, 1.165) is 0 Å². The normalized spacial score (nSPS) is 21.9. The SMILES string of the molecule is CCOC1(OC)C=CC(OC)(OC)C=C1. The molecule has 0 N–H and O–H groups in total. The first-order chi connectivity index (χ1) is 7.16. The van der Waals surface area contributed by atoms with E-state index in [1.54, 1.807) is 45.6 Å². The maximum Gasteiger partial charge on any atom is 0.208 e. The van der Waals surface area contributed by atoms with Crippen molar-refractivity contribution in [3.63, 3.8) is 0 Å². The van der Waals surface area contributed by atoms with Gasteiger partial charge in [0.05, 0.1) is 0 Å². The molecule has 0 heterocycles. The van der Waals surface area contributed by atoms with Gasteiger partial charge in [0.15, 0.2) is 0 Å². The van der Waals surface area contributed by atoms with Crippen LogP contribution in [0.2, 0.25) is 0 Å². The second-order valence-corrected chi connectivity index (χ2v) is 3.15. The minimum atomic E-state index is -0.806. The summed E-state index contributed by atoms with van der Waals surface area (Å²) in [6.45, 7) is 2.48. The van der Waals surface area contributed by atoms with E-state index in [1.165, 1.54) is 0 Å². The summed E-state index contributed by atoms with van der Waals surface area (Å²) < 4.78 is 21.3. The largest absolute Gasteiger partial charge is 0.346 e. The van der Waals surface area contributed by atoms with Gasteiger partial charge in [-0.25, -0.2) is 0 Å². The standard InChI is InChI=1S/C11H18O4/c1-5-15-11(14-4)8-6-10(12-2,13-3)7-9-11/h6-9H,5H2,1-4H3. The third kappa shape index (κ3) is 2.46. The van der Waals surface area contributed by atoms with Crippen LogP contribution in [0.5, 0.6) is 0 Å². The Labute approximate surface area is 90.5 Å². The zero-order valence-electron chi connectivity index (χ0n) is 9.65. The van der Waals surface area contributed by atoms with Crippen molar-refractivity contribution >= 4 is 0 Å². The first kappa shape index (κ1) is 12.4. The molecular formula is C11H18O4.